The molecule has 2 rings (SSSR count). The molecule has 0 heterocycles. The van der Waals surface area contributed by atoms with Crippen LogP contribution in [-0.2, 0) is 0 Å². The maximum atomic E-state index is 3.68. The third kappa shape index (κ3) is 1.99. The summed E-state index contributed by atoms with van der Waals surface area (Å²) in [5, 5.41) is 3.68. The number of nitrogens with one attached hydrogen (secondary N) is 1. The second-order valence-corrected chi connectivity index (χ2v) is 6.14. The quantitative estimate of drug-likeness (QED) is 0.841. The monoisotopic (exact) mass is 245 g/mol. The van der Waals surface area contributed by atoms with Crippen LogP contribution in [0.1, 0.15) is 51.2 Å². The van der Waals surface area contributed by atoms with Gasteiger partial charge in [-0.1, -0.05) is 57.5 Å². The highest BCUT2D eigenvalue weighted by Crippen LogP contribution is 2.58. The van der Waals surface area contributed by atoms with E-state index in [0.717, 1.165) is 12.5 Å². The first-order valence-corrected chi connectivity index (χ1v) is 7.34. The standard InChI is InChI=1S/C17H27N/c1-6-17(5)15(13(4)16(17)18-7-2)14-10-8-12(3)9-11-14/h8-11,13,15-16,18H,6-7H2,1-5H3. The molecule has 0 amide bonds. The normalized spacial score (nSPS) is 35.3. The van der Waals surface area contributed by atoms with Gasteiger partial charge in [0.25, 0.3) is 0 Å². The van der Waals surface area contributed by atoms with E-state index in [2.05, 4.69) is 64.2 Å². The Bertz CT molecular complexity index is 395. The van der Waals surface area contributed by atoms with Crippen molar-refractivity contribution in [2.75, 3.05) is 6.54 Å². The van der Waals surface area contributed by atoms with Crippen molar-refractivity contribution >= 4 is 0 Å². The lowest BCUT2D eigenvalue weighted by Gasteiger charge is -2.60. The van der Waals surface area contributed by atoms with Crippen molar-refractivity contribution in [3.05, 3.63) is 35.4 Å². The van der Waals surface area contributed by atoms with Gasteiger partial charge in [0.15, 0.2) is 0 Å². The summed E-state index contributed by atoms with van der Waals surface area (Å²) in [5.41, 5.74) is 3.28. The molecule has 18 heavy (non-hydrogen) atoms. The van der Waals surface area contributed by atoms with Crippen LogP contribution < -0.4 is 5.32 Å². The number of benzene rings is 1. The summed E-state index contributed by atoms with van der Waals surface area (Å²) >= 11 is 0. The molecule has 0 bridgehead atoms. The van der Waals surface area contributed by atoms with Crippen LogP contribution in [0.2, 0.25) is 0 Å². The van der Waals surface area contributed by atoms with Gasteiger partial charge in [-0.15, -0.1) is 0 Å². The lowest BCUT2D eigenvalue weighted by molar-refractivity contribution is -0.0187. The minimum Gasteiger partial charge on any atom is -0.313 e. The Balaban J connectivity index is 2.25. The topological polar surface area (TPSA) is 12.0 Å². The summed E-state index contributed by atoms with van der Waals surface area (Å²) in [4.78, 5) is 0. The van der Waals surface area contributed by atoms with Crippen molar-refractivity contribution in [3.63, 3.8) is 0 Å². The van der Waals surface area contributed by atoms with Gasteiger partial charge in [-0.2, -0.15) is 0 Å². The smallest absolute Gasteiger partial charge is 0.0158 e. The first-order chi connectivity index (χ1) is 8.54. The Hall–Kier alpha value is -0.820. The minimum atomic E-state index is 0.407. The number of aryl methyl sites for hydroxylation is 1. The predicted molar refractivity (Wildman–Crippen MR) is 78.9 cm³/mol. The van der Waals surface area contributed by atoms with Gasteiger partial charge < -0.3 is 5.32 Å². The van der Waals surface area contributed by atoms with E-state index in [-0.39, 0.29) is 0 Å². The van der Waals surface area contributed by atoms with Gasteiger partial charge in [-0.3, -0.25) is 0 Å². The number of rotatable bonds is 4. The van der Waals surface area contributed by atoms with Crippen molar-refractivity contribution in [3.8, 4) is 0 Å². The fraction of sp³-hybridized carbons (Fsp3) is 0.647. The summed E-state index contributed by atoms with van der Waals surface area (Å²) in [7, 11) is 0. The van der Waals surface area contributed by atoms with Crippen molar-refractivity contribution in [1.29, 1.82) is 0 Å². The largest absolute Gasteiger partial charge is 0.313 e. The van der Waals surface area contributed by atoms with Crippen LogP contribution in [0.25, 0.3) is 0 Å². The van der Waals surface area contributed by atoms with E-state index in [1.165, 1.54) is 17.5 Å². The van der Waals surface area contributed by atoms with Crippen molar-refractivity contribution in [2.24, 2.45) is 11.3 Å². The molecule has 0 aliphatic heterocycles. The highest BCUT2D eigenvalue weighted by Gasteiger charge is 2.55. The van der Waals surface area contributed by atoms with Crippen molar-refractivity contribution < 1.29 is 0 Å². The Kier molecular flexibility index (Phi) is 3.82. The molecule has 100 valence electrons. The van der Waals surface area contributed by atoms with Crippen LogP contribution in [0.5, 0.6) is 0 Å². The molecule has 0 radical (unpaired) electrons. The summed E-state index contributed by atoms with van der Waals surface area (Å²) in [6, 6.07) is 9.81. The van der Waals surface area contributed by atoms with Gasteiger partial charge >= 0.3 is 0 Å². The van der Waals surface area contributed by atoms with Crippen LogP contribution in [-0.4, -0.2) is 12.6 Å². The summed E-state index contributed by atoms with van der Waals surface area (Å²) in [6.07, 6.45) is 1.24. The second kappa shape index (κ2) is 5.05. The molecule has 0 spiro atoms. The molecule has 0 saturated heterocycles. The molecule has 1 N–H and O–H groups in total. The number of hydrogen-bond donors (Lipinski definition) is 1. The first-order valence-electron chi connectivity index (χ1n) is 7.34. The average molecular weight is 245 g/mol. The molecule has 1 fully saturated rings. The highest BCUT2D eigenvalue weighted by atomic mass is 15.0. The van der Waals surface area contributed by atoms with E-state index in [1.807, 2.05) is 0 Å². The van der Waals surface area contributed by atoms with E-state index in [0.29, 0.717) is 17.4 Å². The van der Waals surface area contributed by atoms with E-state index >= 15 is 0 Å². The third-order valence-corrected chi connectivity index (χ3v) is 5.09. The molecule has 1 aromatic carbocycles. The Morgan fingerprint density at radius 2 is 1.78 bits per heavy atom. The molecule has 1 nitrogen and oxygen atoms in total. The van der Waals surface area contributed by atoms with E-state index in [4.69, 9.17) is 0 Å². The molecule has 1 heteroatoms. The van der Waals surface area contributed by atoms with Crippen LogP contribution in [0.3, 0.4) is 0 Å². The lowest BCUT2D eigenvalue weighted by atomic mass is 9.48. The molecule has 1 saturated carbocycles. The summed E-state index contributed by atoms with van der Waals surface area (Å²) in [5.74, 6) is 1.43. The van der Waals surface area contributed by atoms with Crippen molar-refractivity contribution in [1.82, 2.24) is 5.32 Å². The molecule has 0 aromatic heterocycles. The van der Waals surface area contributed by atoms with Gasteiger partial charge in [0, 0.05) is 6.04 Å². The first kappa shape index (κ1) is 13.6. The number of hydrogen-bond acceptors (Lipinski definition) is 1. The molecular weight excluding hydrogens is 218 g/mol. The summed E-state index contributed by atoms with van der Waals surface area (Å²) < 4.78 is 0. The Morgan fingerprint density at radius 1 is 1.17 bits per heavy atom. The van der Waals surface area contributed by atoms with Crippen molar-refractivity contribution in [2.45, 2.75) is 53.0 Å². The fourth-order valence-corrected chi connectivity index (χ4v) is 4.01. The maximum Gasteiger partial charge on any atom is 0.0158 e. The van der Waals surface area contributed by atoms with E-state index in [9.17, 15) is 0 Å². The molecular formula is C17H27N. The van der Waals surface area contributed by atoms with Gasteiger partial charge in [0.2, 0.25) is 0 Å². The molecule has 4 atom stereocenters. The van der Waals surface area contributed by atoms with Gasteiger partial charge in [0.05, 0.1) is 0 Å². The summed E-state index contributed by atoms with van der Waals surface area (Å²) in [6.45, 7) is 12.6. The minimum absolute atomic E-state index is 0.407. The zero-order valence-corrected chi connectivity index (χ0v) is 12.5. The highest BCUT2D eigenvalue weighted by molar-refractivity contribution is 5.32. The Morgan fingerprint density at radius 3 is 2.28 bits per heavy atom. The molecule has 1 aliphatic rings. The van der Waals surface area contributed by atoms with E-state index in [1.54, 1.807) is 0 Å². The fourth-order valence-electron chi connectivity index (χ4n) is 4.01. The van der Waals surface area contributed by atoms with Crippen LogP contribution in [0.15, 0.2) is 24.3 Å². The molecule has 1 aliphatic carbocycles. The average Bonchev–Trinajstić information content (AvgIpc) is 2.38. The molecule has 1 aromatic rings. The molecule has 4 unspecified atom stereocenters. The van der Waals surface area contributed by atoms with Gasteiger partial charge in [0.1, 0.15) is 0 Å². The lowest BCUT2D eigenvalue weighted by Crippen LogP contribution is -2.62. The van der Waals surface area contributed by atoms with Gasteiger partial charge in [-0.25, -0.2) is 0 Å². The zero-order valence-electron chi connectivity index (χ0n) is 12.5. The Labute approximate surface area is 112 Å². The maximum absolute atomic E-state index is 3.68. The van der Waals surface area contributed by atoms with E-state index < -0.39 is 0 Å². The van der Waals surface area contributed by atoms with Crippen LogP contribution in [0, 0.1) is 18.3 Å². The van der Waals surface area contributed by atoms with Gasteiger partial charge in [-0.05, 0) is 42.7 Å². The second-order valence-electron chi connectivity index (χ2n) is 6.14. The SMILES string of the molecule is CCNC1C(C)C(c2ccc(C)cc2)C1(C)CC. The van der Waals surface area contributed by atoms with Crippen LogP contribution in [0.4, 0.5) is 0 Å². The van der Waals surface area contributed by atoms with Crippen LogP contribution >= 0.6 is 0 Å². The third-order valence-electron chi connectivity index (χ3n) is 5.09. The predicted octanol–water partition coefficient (Wildman–Crippen LogP) is 4.12. The zero-order chi connectivity index (χ0) is 13.3.